The summed E-state index contributed by atoms with van der Waals surface area (Å²) in [5, 5.41) is 12.6. The first-order valence-electron chi connectivity index (χ1n) is 17.5. The number of aromatic nitrogens is 4. The highest BCUT2D eigenvalue weighted by atomic mass is 15.0. The zero-order chi connectivity index (χ0) is 32.2. The molecule has 0 amide bonds. The van der Waals surface area contributed by atoms with Gasteiger partial charge in [0, 0.05) is 58.8 Å². The van der Waals surface area contributed by atoms with Crippen LogP contribution >= 0.6 is 0 Å². The normalized spacial score (nSPS) is 12.3. The molecule has 2 N–H and O–H groups in total. The van der Waals surface area contributed by atoms with Crippen molar-refractivity contribution in [3.8, 4) is 0 Å². The van der Waals surface area contributed by atoms with Gasteiger partial charge < -0.3 is 19.8 Å². The van der Waals surface area contributed by atoms with Gasteiger partial charge in [0.2, 0.25) is 0 Å². The van der Waals surface area contributed by atoms with Crippen LogP contribution in [0.2, 0.25) is 0 Å². The lowest BCUT2D eigenvalue weighted by molar-refractivity contribution is 0.544. The lowest BCUT2D eigenvalue weighted by Crippen LogP contribution is -2.17. The summed E-state index contributed by atoms with van der Waals surface area (Å²) in [6.07, 6.45) is 4.85. The van der Waals surface area contributed by atoms with E-state index < -0.39 is 0 Å². The van der Waals surface area contributed by atoms with Gasteiger partial charge in [0.05, 0.1) is 33.8 Å². The molecule has 4 heterocycles. The maximum absolute atomic E-state index is 5.01. The van der Waals surface area contributed by atoms with Crippen LogP contribution in [0.5, 0.6) is 0 Å². The van der Waals surface area contributed by atoms with Crippen LogP contribution < -0.4 is 10.6 Å². The SMILES string of the molecule is Cc1nc(CNCCCCCCNCc2cc3c4ccccc4n(CC(C)C)c3c(C)n2)cc2c3ccccc3n(CC(C)C)c12. The van der Waals surface area contributed by atoms with Gasteiger partial charge in [-0.1, -0.05) is 76.9 Å². The van der Waals surface area contributed by atoms with E-state index in [1.54, 1.807) is 0 Å². The first kappa shape index (κ1) is 32.2. The molecule has 0 unspecified atom stereocenters. The van der Waals surface area contributed by atoms with Gasteiger partial charge in [0.15, 0.2) is 0 Å². The standard InChI is InChI=1S/C40H52N6/c1-27(2)25-45-37-17-11-9-15-33(37)35-21-31(43-29(5)39(35)45)23-41-19-13-7-8-14-20-42-24-32-22-36-34-16-10-12-18-38(34)46(26-28(3)4)40(36)30(6)44-32/h9-12,15-18,21-22,27-28,41-42H,7-8,13-14,19-20,23-26H2,1-6H3. The topological polar surface area (TPSA) is 59.7 Å². The molecule has 242 valence electrons. The number of aryl methyl sites for hydroxylation is 2. The van der Waals surface area contributed by atoms with E-state index in [0.717, 1.165) is 62.0 Å². The molecule has 0 radical (unpaired) electrons. The van der Waals surface area contributed by atoms with Crippen molar-refractivity contribution in [2.45, 2.75) is 93.4 Å². The summed E-state index contributed by atoms with van der Waals surface area (Å²) in [7, 11) is 0. The van der Waals surface area contributed by atoms with Gasteiger partial charge in [-0.15, -0.1) is 0 Å². The smallest absolute Gasteiger partial charge is 0.0707 e. The number of hydrogen-bond donors (Lipinski definition) is 2. The van der Waals surface area contributed by atoms with Crippen LogP contribution in [0.15, 0.2) is 60.7 Å². The Morgan fingerprint density at radius 2 is 0.978 bits per heavy atom. The molecule has 0 aliphatic rings. The maximum atomic E-state index is 5.01. The molecular formula is C40H52N6. The number of para-hydroxylation sites is 2. The molecule has 0 aliphatic heterocycles. The van der Waals surface area contributed by atoms with Crippen molar-refractivity contribution in [2.75, 3.05) is 13.1 Å². The number of pyridine rings is 2. The molecule has 0 saturated heterocycles. The number of unbranched alkanes of at least 4 members (excludes halogenated alkanes) is 3. The highest BCUT2D eigenvalue weighted by molar-refractivity contribution is 6.09. The third-order valence-electron chi connectivity index (χ3n) is 9.11. The summed E-state index contributed by atoms with van der Waals surface area (Å²) in [4.78, 5) is 10.0. The van der Waals surface area contributed by atoms with Crippen molar-refractivity contribution in [3.05, 3.63) is 83.4 Å². The fourth-order valence-corrected chi connectivity index (χ4v) is 7.24. The molecule has 0 saturated carbocycles. The Bertz CT molecular complexity index is 1800. The highest BCUT2D eigenvalue weighted by Gasteiger charge is 2.17. The van der Waals surface area contributed by atoms with Crippen LogP contribution in [-0.4, -0.2) is 32.2 Å². The Labute approximate surface area is 274 Å². The van der Waals surface area contributed by atoms with Crippen LogP contribution in [0.3, 0.4) is 0 Å². The van der Waals surface area contributed by atoms with E-state index in [2.05, 4.69) is 122 Å². The minimum absolute atomic E-state index is 0.584. The van der Waals surface area contributed by atoms with E-state index in [1.165, 1.54) is 69.3 Å². The predicted molar refractivity (Wildman–Crippen MR) is 196 cm³/mol. The predicted octanol–water partition coefficient (Wildman–Crippen LogP) is 9.06. The Balaban J connectivity index is 0.954. The second-order valence-corrected chi connectivity index (χ2v) is 14.0. The Kier molecular flexibility index (Phi) is 10.1. The largest absolute Gasteiger partial charge is 0.339 e. The van der Waals surface area contributed by atoms with Crippen molar-refractivity contribution < 1.29 is 0 Å². The van der Waals surface area contributed by atoms with E-state index in [1.807, 2.05) is 0 Å². The van der Waals surface area contributed by atoms with Crippen molar-refractivity contribution in [2.24, 2.45) is 11.8 Å². The second-order valence-electron chi connectivity index (χ2n) is 14.0. The molecule has 0 atom stereocenters. The van der Waals surface area contributed by atoms with Crippen LogP contribution in [0.4, 0.5) is 0 Å². The minimum Gasteiger partial charge on any atom is -0.339 e. The molecule has 6 aromatic rings. The summed E-state index contributed by atoms with van der Waals surface area (Å²) in [5.41, 5.74) is 9.72. The third kappa shape index (κ3) is 6.84. The van der Waals surface area contributed by atoms with Gasteiger partial charge in [-0.05, 0) is 75.9 Å². The lowest BCUT2D eigenvalue weighted by Gasteiger charge is -2.12. The molecule has 6 heteroatoms. The fourth-order valence-electron chi connectivity index (χ4n) is 7.24. The van der Waals surface area contributed by atoms with E-state index >= 15 is 0 Å². The van der Waals surface area contributed by atoms with Crippen molar-refractivity contribution in [1.82, 2.24) is 29.7 Å². The molecule has 4 aromatic heterocycles. The van der Waals surface area contributed by atoms with E-state index in [9.17, 15) is 0 Å². The van der Waals surface area contributed by atoms with Gasteiger partial charge in [0.25, 0.3) is 0 Å². The van der Waals surface area contributed by atoms with Crippen LogP contribution in [-0.2, 0) is 26.2 Å². The monoisotopic (exact) mass is 616 g/mol. The molecule has 2 aromatic carbocycles. The van der Waals surface area contributed by atoms with Crippen molar-refractivity contribution in [1.29, 1.82) is 0 Å². The first-order valence-corrected chi connectivity index (χ1v) is 17.5. The molecule has 0 fully saturated rings. The maximum Gasteiger partial charge on any atom is 0.0707 e. The zero-order valence-corrected chi connectivity index (χ0v) is 28.8. The van der Waals surface area contributed by atoms with Crippen LogP contribution in [0.25, 0.3) is 43.6 Å². The molecule has 46 heavy (non-hydrogen) atoms. The lowest BCUT2D eigenvalue weighted by atomic mass is 10.1. The van der Waals surface area contributed by atoms with Crippen molar-refractivity contribution >= 4 is 43.6 Å². The van der Waals surface area contributed by atoms with Crippen LogP contribution in [0.1, 0.15) is 76.2 Å². The molecule has 6 rings (SSSR count). The first-order chi connectivity index (χ1) is 22.3. The number of rotatable bonds is 15. The molecule has 0 spiro atoms. The van der Waals surface area contributed by atoms with E-state index in [-0.39, 0.29) is 0 Å². The third-order valence-corrected chi connectivity index (χ3v) is 9.11. The van der Waals surface area contributed by atoms with Gasteiger partial charge in [-0.25, -0.2) is 0 Å². The average molecular weight is 617 g/mol. The van der Waals surface area contributed by atoms with Crippen LogP contribution in [0, 0.1) is 25.7 Å². The van der Waals surface area contributed by atoms with Gasteiger partial charge in [-0.3, -0.25) is 9.97 Å². The summed E-state index contributed by atoms with van der Waals surface area (Å²) in [6, 6.07) is 22.2. The van der Waals surface area contributed by atoms with Gasteiger partial charge in [0.1, 0.15) is 0 Å². The quantitative estimate of drug-likeness (QED) is 0.113. The number of benzene rings is 2. The Morgan fingerprint density at radius 1 is 0.565 bits per heavy atom. The summed E-state index contributed by atoms with van der Waals surface area (Å²) >= 11 is 0. The molecular weight excluding hydrogens is 564 g/mol. The number of hydrogen-bond acceptors (Lipinski definition) is 4. The zero-order valence-electron chi connectivity index (χ0n) is 28.8. The number of nitrogens with zero attached hydrogens (tertiary/aromatic N) is 4. The van der Waals surface area contributed by atoms with Gasteiger partial charge in [-0.2, -0.15) is 0 Å². The summed E-state index contributed by atoms with van der Waals surface area (Å²) < 4.78 is 4.93. The average Bonchev–Trinajstić information content (AvgIpc) is 3.50. The van der Waals surface area contributed by atoms with E-state index in [4.69, 9.17) is 9.97 Å². The fraction of sp³-hybridized carbons (Fsp3) is 0.450. The minimum atomic E-state index is 0.584. The summed E-state index contributed by atoms with van der Waals surface area (Å²) in [6.45, 7) is 19.2. The van der Waals surface area contributed by atoms with Gasteiger partial charge >= 0.3 is 0 Å². The van der Waals surface area contributed by atoms with E-state index in [0.29, 0.717) is 11.8 Å². The molecule has 0 bridgehead atoms. The highest BCUT2D eigenvalue weighted by Crippen LogP contribution is 2.33. The number of fused-ring (bicyclic) bond motifs is 6. The Morgan fingerprint density at radius 3 is 1.39 bits per heavy atom. The summed E-state index contributed by atoms with van der Waals surface area (Å²) in [5.74, 6) is 1.17. The molecule has 0 aliphatic carbocycles. The Hall–Kier alpha value is -3.74. The number of nitrogens with one attached hydrogen (secondary N) is 2. The second kappa shape index (κ2) is 14.4. The molecule has 6 nitrogen and oxygen atoms in total. The van der Waals surface area contributed by atoms with Crippen molar-refractivity contribution in [3.63, 3.8) is 0 Å².